The maximum absolute atomic E-state index is 4.84. The Labute approximate surface area is 108 Å². The van der Waals surface area contributed by atoms with Gasteiger partial charge in [-0.25, -0.2) is 4.98 Å². The van der Waals surface area contributed by atoms with Crippen molar-refractivity contribution in [3.8, 4) is 11.3 Å². The van der Waals surface area contributed by atoms with E-state index in [9.17, 15) is 0 Å². The fraction of sp³-hybridized carbons (Fsp3) is 0.308. The summed E-state index contributed by atoms with van der Waals surface area (Å²) in [4.78, 5) is 8.87. The Balaban J connectivity index is 2.12. The molecule has 3 aromatic heterocycles. The molecule has 86 valence electrons. The highest BCUT2D eigenvalue weighted by Crippen LogP contribution is 2.38. The molecule has 0 amide bonds. The van der Waals surface area contributed by atoms with Crippen molar-refractivity contribution in [1.82, 2.24) is 9.38 Å². The molecule has 0 saturated heterocycles. The van der Waals surface area contributed by atoms with Crippen molar-refractivity contribution in [2.45, 2.75) is 26.7 Å². The number of rotatable bonds is 0. The quantitative estimate of drug-likeness (QED) is 0.600. The average molecular weight is 260 g/mol. The summed E-state index contributed by atoms with van der Waals surface area (Å²) in [5.41, 5.74) is 5.36. The lowest BCUT2D eigenvalue weighted by molar-refractivity contribution is 0.883. The van der Waals surface area contributed by atoms with Gasteiger partial charge in [0.15, 0.2) is 4.96 Å². The summed E-state index contributed by atoms with van der Waals surface area (Å²) in [5.74, 6) is 0. The Bertz CT molecular complexity index is 730. The molecule has 3 heterocycles. The van der Waals surface area contributed by atoms with E-state index >= 15 is 0 Å². The van der Waals surface area contributed by atoms with Crippen LogP contribution in [0.4, 0.5) is 0 Å². The Hall–Kier alpha value is -1.13. The highest BCUT2D eigenvalue weighted by atomic mass is 32.1. The Morgan fingerprint density at radius 1 is 1.29 bits per heavy atom. The second-order valence-electron chi connectivity index (χ2n) is 4.53. The van der Waals surface area contributed by atoms with Gasteiger partial charge in [-0.3, -0.25) is 4.40 Å². The van der Waals surface area contributed by atoms with Crippen LogP contribution in [-0.2, 0) is 12.8 Å². The van der Waals surface area contributed by atoms with Gasteiger partial charge in [0, 0.05) is 21.0 Å². The van der Waals surface area contributed by atoms with Crippen LogP contribution in [0.5, 0.6) is 0 Å². The topological polar surface area (TPSA) is 17.3 Å². The molecule has 0 aromatic carbocycles. The van der Waals surface area contributed by atoms with E-state index in [2.05, 4.69) is 29.7 Å². The van der Waals surface area contributed by atoms with Crippen molar-refractivity contribution in [2.75, 3.05) is 0 Å². The second-order valence-corrected chi connectivity index (χ2v) is 6.71. The lowest BCUT2D eigenvalue weighted by atomic mass is 10.00. The van der Waals surface area contributed by atoms with Gasteiger partial charge in [-0.15, -0.1) is 22.7 Å². The predicted molar refractivity (Wildman–Crippen MR) is 73.3 cm³/mol. The molecule has 1 aliphatic rings. The molecule has 0 unspecified atom stereocenters. The third-order valence-electron chi connectivity index (χ3n) is 3.62. The van der Waals surface area contributed by atoms with E-state index in [1.807, 2.05) is 11.3 Å². The van der Waals surface area contributed by atoms with Gasteiger partial charge in [0.25, 0.3) is 0 Å². The SMILES string of the molecule is Cc1sc2nc3c(n2c1C)CCc1sccc1-3. The number of hydrogen-bond acceptors (Lipinski definition) is 3. The Kier molecular flexibility index (Phi) is 1.86. The Morgan fingerprint density at radius 3 is 3.06 bits per heavy atom. The van der Waals surface area contributed by atoms with E-state index in [1.165, 1.54) is 38.8 Å². The molecule has 0 fully saturated rings. The first-order valence-corrected chi connectivity index (χ1v) is 7.49. The van der Waals surface area contributed by atoms with E-state index in [-0.39, 0.29) is 0 Å². The summed E-state index contributed by atoms with van der Waals surface area (Å²) in [6, 6.07) is 2.22. The van der Waals surface area contributed by atoms with E-state index in [0.29, 0.717) is 0 Å². The number of imidazole rings is 1. The minimum Gasteiger partial charge on any atom is -0.291 e. The van der Waals surface area contributed by atoms with Crippen molar-refractivity contribution >= 4 is 27.6 Å². The van der Waals surface area contributed by atoms with Crippen LogP contribution < -0.4 is 0 Å². The smallest absolute Gasteiger partial charge is 0.194 e. The van der Waals surface area contributed by atoms with E-state index < -0.39 is 0 Å². The van der Waals surface area contributed by atoms with Gasteiger partial charge in [-0.2, -0.15) is 0 Å². The lowest BCUT2D eigenvalue weighted by Crippen LogP contribution is -2.03. The Morgan fingerprint density at radius 2 is 2.18 bits per heavy atom. The minimum atomic E-state index is 1.13. The molecule has 4 heteroatoms. The van der Waals surface area contributed by atoms with Crippen LogP contribution >= 0.6 is 22.7 Å². The molecular weight excluding hydrogens is 248 g/mol. The minimum absolute atomic E-state index is 1.13. The van der Waals surface area contributed by atoms with Crippen LogP contribution in [0.25, 0.3) is 16.2 Å². The summed E-state index contributed by atoms with van der Waals surface area (Å²) in [6.07, 6.45) is 2.29. The largest absolute Gasteiger partial charge is 0.291 e. The second kappa shape index (κ2) is 3.21. The van der Waals surface area contributed by atoms with Gasteiger partial charge in [-0.05, 0) is 38.1 Å². The van der Waals surface area contributed by atoms with Gasteiger partial charge < -0.3 is 0 Å². The summed E-state index contributed by atoms with van der Waals surface area (Å²) in [6.45, 7) is 4.38. The zero-order valence-corrected chi connectivity index (χ0v) is 11.4. The van der Waals surface area contributed by atoms with Crippen molar-refractivity contribution in [2.24, 2.45) is 0 Å². The lowest BCUT2D eigenvalue weighted by Gasteiger charge is -2.11. The maximum Gasteiger partial charge on any atom is 0.194 e. The van der Waals surface area contributed by atoms with Gasteiger partial charge >= 0.3 is 0 Å². The van der Waals surface area contributed by atoms with E-state index in [0.717, 1.165) is 11.4 Å². The molecule has 1 aliphatic carbocycles. The third kappa shape index (κ3) is 1.17. The molecule has 3 aromatic rings. The van der Waals surface area contributed by atoms with Crippen LogP contribution in [0.3, 0.4) is 0 Å². The molecular formula is C13H12N2S2. The number of hydrogen-bond donors (Lipinski definition) is 0. The predicted octanol–water partition coefficient (Wildman–Crippen LogP) is 3.84. The summed E-state index contributed by atoms with van der Waals surface area (Å²) >= 11 is 3.67. The van der Waals surface area contributed by atoms with Gasteiger partial charge in [0.1, 0.15) is 0 Å². The fourth-order valence-electron chi connectivity index (χ4n) is 2.64. The number of nitrogens with zero attached hydrogens (tertiary/aromatic N) is 2. The molecule has 0 bridgehead atoms. The molecule has 0 radical (unpaired) electrons. The normalized spacial score (nSPS) is 14.0. The standard InChI is InChI=1S/C13H12N2S2/c1-7-8(2)17-13-14-12-9-5-6-16-11(9)4-3-10(12)15(7)13/h5-6H,3-4H2,1-2H3. The molecule has 2 nitrogen and oxygen atoms in total. The number of thiazole rings is 1. The third-order valence-corrected chi connectivity index (χ3v) is 5.66. The molecule has 0 N–H and O–H groups in total. The van der Waals surface area contributed by atoms with Crippen LogP contribution in [0.1, 0.15) is 21.1 Å². The first-order chi connectivity index (χ1) is 8.25. The summed E-state index contributed by atoms with van der Waals surface area (Å²) in [7, 11) is 0. The molecule has 0 aliphatic heterocycles. The molecule has 4 rings (SSSR count). The van der Waals surface area contributed by atoms with Crippen LogP contribution in [0.15, 0.2) is 11.4 Å². The molecule has 17 heavy (non-hydrogen) atoms. The molecule has 0 atom stereocenters. The van der Waals surface area contributed by atoms with Crippen LogP contribution in [-0.4, -0.2) is 9.38 Å². The van der Waals surface area contributed by atoms with Crippen molar-refractivity contribution in [3.63, 3.8) is 0 Å². The van der Waals surface area contributed by atoms with Crippen LogP contribution in [0, 0.1) is 13.8 Å². The summed E-state index contributed by atoms with van der Waals surface area (Å²) in [5, 5.41) is 2.19. The van der Waals surface area contributed by atoms with Crippen molar-refractivity contribution in [1.29, 1.82) is 0 Å². The highest BCUT2D eigenvalue weighted by Gasteiger charge is 2.24. The monoisotopic (exact) mass is 260 g/mol. The molecule has 0 spiro atoms. The number of aromatic nitrogens is 2. The zero-order valence-electron chi connectivity index (χ0n) is 9.78. The van der Waals surface area contributed by atoms with Gasteiger partial charge in [-0.1, -0.05) is 0 Å². The number of thiophene rings is 1. The average Bonchev–Trinajstić information content (AvgIpc) is 2.94. The van der Waals surface area contributed by atoms with Gasteiger partial charge in [0.2, 0.25) is 0 Å². The van der Waals surface area contributed by atoms with Crippen LogP contribution in [0.2, 0.25) is 0 Å². The first kappa shape index (κ1) is 9.85. The first-order valence-electron chi connectivity index (χ1n) is 5.80. The fourth-order valence-corrected chi connectivity index (χ4v) is 4.51. The van der Waals surface area contributed by atoms with Crippen molar-refractivity contribution in [3.05, 3.63) is 32.6 Å². The molecule has 0 saturated carbocycles. The number of aryl methyl sites for hydroxylation is 4. The summed E-state index contributed by atoms with van der Waals surface area (Å²) < 4.78 is 2.36. The van der Waals surface area contributed by atoms with E-state index in [4.69, 9.17) is 4.98 Å². The highest BCUT2D eigenvalue weighted by molar-refractivity contribution is 7.17. The van der Waals surface area contributed by atoms with Gasteiger partial charge in [0.05, 0.1) is 11.4 Å². The van der Waals surface area contributed by atoms with E-state index in [1.54, 1.807) is 11.3 Å². The van der Waals surface area contributed by atoms with Crippen molar-refractivity contribution < 1.29 is 0 Å². The number of fused-ring (bicyclic) bond motifs is 5. The maximum atomic E-state index is 4.84. The zero-order chi connectivity index (χ0) is 11.6.